The monoisotopic (exact) mass is 284 g/mol. The normalized spacial score (nSPS) is 10.8. The molecule has 3 rings (SSSR count). The molecule has 0 fully saturated rings. The molecule has 0 radical (unpaired) electrons. The van der Waals surface area contributed by atoms with E-state index in [4.69, 9.17) is 5.73 Å². The molecule has 0 aliphatic heterocycles. The first-order valence-corrected chi connectivity index (χ1v) is 7.39. The third kappa shape index (κ3) is 2.44. The second kappa shape index (κ2) is 5.46. The van der Waals surface area contributed by atoms with Gasteiger partial charge in [0.1, 0.15) is 5.01 Å². The lowest BCUT2D eigenvalue weighted by molar-refractivity contribution is 1.10. The van der Waals surface area contributed by atoms with Crippen LogP contribution in [-0.2, 0) is 13.0 Å². The lowest BCUT2D eigenvalue weighted by Gasteiger charge is -2.10. The molecule has 1 aromatic carbocycles. The van der Waals surface area contributed by atoms with E-state index in [1.54, 1.807) is 17.5 Å². The Balaban J connectivity index is 1.82. The van der Waals surface area contributed by atoms with Crippen LogP contribution in [0.1, 0.15) is 16.8 Å². The summed E-state index contributed by atoms with van der Waals surface area (Å²) in [6.07, 6.45) is 6.56. The lowest BCUT2D eigenvalue weighted by atomic mass is 10.1. The number of pyridine rings is 1. The van der Waals surface area contributed by atoms with E-state index in [0.29, 0.717) is 6.54 Å². The van der Waals surface area contributed by atoms with Crippen molar-refractivity contribution in [3.63, 3.8) is 0 Å². The zero-order valence-corrected chi connectivity index (χ0v) is 12.1. The maximum atomic E-state index is 6.21. The Morgan fingerprint density at radius 3 is 2.95 bits per heavy atom. The van der Waals surface area contributed by atoms with Gasteiger partial charge in [-0.1, -0.05) is 13.0 Å². The summed E-state index contributed by atoms with van der Waals surface area (Å²) in [5.74, 6) is 0. The first kappa shape index (κ1) is 12.9. The van der Waals surface area contributed by atoms with Gasteiger partial charge in [-0.3, -0.25) is 4.98 Å². The van der Waals surface area contributed by atoms with Crippen LogP contribution in [0.15, 0.2) is 36.8 Å². The second-order valence-electron chi connectivity index (χ2n) is 4.55. The highest BCUT2D eigenvalue weighted by molar-refractivity contribution is 7.11. The molecule has 2 aromatic heterocycles. The summed E-state index contributed by atoms with van der Waals surface area (Å²) in [4.78, 5) is 9.81. The van der Waals surface area contributed by atoms with Crippen molar-refractivity contribution in [2.75, 3.05) is 11.1 Å². The summed E-state index contributed by atoms with van der Waals surface area (Å²) in [6, 6.07) is 5.96. The molecule has 4 nitrogen and oxygen atoms in total. The van der Waals surface area contributed by atoms with Gasteiger partial charge in [0, 0.05) is 34.2 Å². The van der Waals surface area contributed by atoms with Gasteiger partial charge in [-0.05, 0) is 18.6 Å². The minimum Gasteiger partial charge on any atom is -0.397 e. The molecule has 0 atom stereocenters. The van der Waals surface area contributed by atoms with Crippen LogP contribution in [0.3, 0.4) is 0 Å². The van der Waals surface area contributed by atoms with Crippen molar-refractivity contribution < 1.29 is 0 Å². The summed E-state index contributed by atoms with van der Waals surface area (Å²) in [5.41, 5.74) is 7.91. The Morgan fingerprint density at radius 2 is 2.15 bits per heavy atom. The number of nitrogens with two attached hydrogens (primary N) is 1. The van der Waals surface area contributed by atoms with Gasteiger partial charge in [0.2, 0.25) is 0 Å². The van der Waals surface area contributed by atoms with E-state index in [9.17, 15) is 0 Å². The number of benzene rings is 1. The van der Waals surface area contributed by atoms with Crippen LogP contribution >= 0.6 is 11.3 Å². The quantitative estimate of drug-likeness (QED) is 0.720. The molecule has 3 aromatic rings. The van der Waals surface area contributed by atoms with Gasteiger partial charge in [-0.2, -0.15) is 0 Å². The van der Waals surface area contributed by atoms with E-state index in [0.717, 1.165) is 33.6 Å². The lowest BCUT2D eigenvalue weighted by Crippen LogP contribution is -2.02. The van der Waals surface area contributed by atoms with Crippen LogP contribution < -0.4 is 11.1 Å². The fourth-order valence-electron chi connectivity index (χ4n) is 2.11. The van der Waals surface area contributed by atoms with Gasteiger partial charge in [0.25, 0.3) is 0 Å². The summed E-state index contributed by atoms with van der Waals surface area (Å²) in [5, 5.41) is 6.52. The average Bonchev–Trinajstić information content (AvgIpc) is 2.95. The van der Waals surface area contributed by atoms with E-state index in [1.807, 2.05) is 30.6 Å². The van der Waals surface area contributed by atoms with Gasteiger partial charge in [0.15, 0.2) is 0 Å². The largest absolute Gasteiger partial charge is 0.397 e. The molecule has 3 N–H and O–H groups in total. The smallest absolute Gasteiger partial charge is 0.112 e. The van der Waals surface area contributed by atoms with Crippen LogP contribution in [0.25, 0.3) is 10.8 Å². The average molecular weight is 284 g/mol. The Hall–Kier alpha value is -2.14. The molecular formula is C15H16N4S. The number of fused-ring (bicyclic) bond motifs is 1. The maximum absolute atomic E-state index is 6.21. The number of anilines is 2. The van der Waals surface area contributed by atoms with Gasteiger partial charge in [0.05, 0.1) is 17.9 Å². The van der Waals surface area contributed by atoms with E-state index in [2.05, 4.69) is 22.2 Å². The van der Waals surface area contributed by atoms with Crippen molar-refractivity contribution in [3.8, 4) is 0 Å². The number of aryl methyl sites for hydroxylation is 1. The van der Waals surface area contributed by atoms with Gasteiger partial charge >= 0.3 is 0 Å². The molecule has 0 unspecified atom stereocenters. The number of nitrogens with zero attached hydrogens (tertiary/aromatic N) is 2. The van der Waals surface area contributed by atoms with Gasteiger partial charge in [-0.25, -0.2) is 4.98 Å². The van der Waals surface area contributed by atoms with Crippen LogP contribution in [0, 0.1) is 0 Å². The summed E-state index contributed by atoms with van der Waals surface area (Å²) in [7, 11) is 0. The fourth-order valence-corrected chi connectivity index (χ4v) is 2.91. The molecule has 2 heterocycles. The van der Waals surface area contributed by atoms with E-state index >= 15 is 0 Å². The third-order valence-electron chi connectivity index (χ3n) is 3.24. The zero-order chi connectivity index (χ0) is 13.9. The fraction of sp³-hybridized carbons (Fsp3) is 0.200. The minimum atomic E-state index is 0.700. The number of aromatic nitrogens is 2. The zero-order valence-electron chi connectivity index (χ0n) is 11.3. The summed E-state index contributed by atoms with van der Waals surface area (Å²) >= 11 is 1.74. The van der Waals surface area contributed by atoms with E-state index < -0.39 is 0 Å². The molecule has 20 heavy (non-hydrogen) atoms. The van der Waals surface area contributed by atoms with Crippen molar-refractivity contribution in [2.24, 2.45) is 0 Å². The van der Waals surface area contributed by atoms with Crippen molar-refractivity contribution in [1.29, 1.82) is 0 Å². The van der Waals surface area contributed by atoms with Crippen molar-refractivity contribution >= 4 is 33.5 Å². The molecule has 5 heteroatoms. The minimum absolute atomic E-state index is 0.700. The summed E-state index contributed by atoms with van der Waals surface area (Å²) < 4.78 is 0. The van der Waals surface area contributed by atoms with E-state index in [1.165, 1.54) is 4.88 Å². The van der Waals surface area contributed by atoms with Gasteiger partial charge < -0.3 is 11.1 Å². The standard InChI is InChI=1S/C15H16N4S/c1-2-11-8-19-14(20-11)9-18-13-4-3-10-7-17-6-5-12(10)15(13)16/h3-8,18H,2,9,16H2,1H3. The van der Waals surface area contributed by atoms with Crippen LogP contribution in [0.2, 0.25) is 0 Å². The number of hydrogen-bond donors (Lipinski definition) is 2. The predicted molar refractivity (Wildman–Crippen MR) is 85.0 cm³/mol. The van der Waals surface area contributed by atoms with Crippen molar-refractivity contribution in [3.05, 3.63) is 46.7 Å². The number of hydrogen-bond acceptors (Lipinski definition) is 5. The molecule has 0 aliphatic carbocycles. The number of nitrogens with one attached hydrogen (secondary N) is 1. The molecule has 102 valence electrons. The second-order valence-corrected chi connectivity index (χ2v) is 5.75. The van der Waals surface area contributed by atoms with Crippen LogP contribution in [0.5, 0.6) is 0 Å². The Kier molecular flexibility index (Phi) is 3.52. The van der Waals surface area contributed by atoms with Gasteiger partial charge in [-0.15, -0.1) is 11.3 Å². The topological polar surface area (TPSA) is 63.8 Å². The van der Waals surface area contributed by atoms with Crippen molar-refractivity contribution in [1.82, 2.24) is 9.97 Å². The highest BCUT2D eigenvalue weighted by Crippen LogP contribution is 2.28. The Bertz CT molecular complexity index is 736. The van der Waals surface area contributed by atoms with Crippen molar-refractivity contribution in [2.45, 2.75) is 19.9 Å². The highest BCUT2D eigenvalue weighted by Gasteiger charge is 2.05. The predicted octanol–water partition coefficient (Wildman–Crippen LogP) is 3.45. The molecule has 0 aliphatic rings. The highest BCUT2D eigenvalue weighted by atomic mass is 32.1. The molecule has 0 spiro atoms. The molecule has 0 saturated heterocycles. The molecule has 0 amide bonds. The first-order valence-electron chi connectivity index (χ1n) is 6.57. The number of nitrogen functional groups attached to an aromatic ring is 1. The number of rotatable bonds is 4. The number of thiazole rings is 1. The Morgan fingerprint density at radius 1 is 1.25 bits per heavy atom. The summed E-state index contributed by atoms with van der Waals surface area (Å²) in [6.45, 7) is 2.84. The first-order chi connectivity index (χ1) is 9.78. The van der Waals surface area contributed by atoms with Crippen LogP contribution in [-0.4, -0.2) is 9.97 Å². The molecule has 0 bridgehead atoms. The third-order valence-corrected chi connectivity index (χ3v) is 4.38. The molecular weight excluding hydrogens is 268 g/mol. The molecule has 0 saturated carbocycles. The van der Waals surface area contributed by atoms with E-state index in [-0.39, 0.29) is 0 Å². The SMILES string of the molecule is CCc1cnc(CNc2ccc3cnccc3c2N)s1. The maximum Gasteiger partial charge on any atom is 0.112 e. The Labute approximate surface area is 121 Å². The van der Waals surface area contributed by atoms with Crippen LogP contribution in [0.4, 0.5) is 11.4 Å².